The molecule has 13 heavy (non-hydrogen) atoms. The highest BCUT2D eigenvalue weighted by atomic mass is 15.3. The molecule has 0 spiro atoms. The van der Waals surface area contributed by atoms with Crippen molar-refractivity contribution in [3.8, 4) is 0 Å². The number of nitrogens with zero attached hydrogens (tertiary/aromatic N) is 2. The molecular formula is C8H15N5. The maximum Gasteiger partial charge on any atom is 0.223 e. The van der Waals surface area contributed by atoms with E-state index in [1.807, 2.05) is 7.05 Å². The fourth-order valence-electron chi connectivity index (χ4n) is 1.70. The number of hydrogen-bond donors (Lipinski definition) is 3. The first-order valence-corrected chi connectivity index (χ1v) is 4.75. The van der Waals surface area contributed by atoms with E-state index < -0.39 is 0 Å². The molecule has 0 radical (unpaired) electrons. The van der Waals surface area contributed by atoms with Crippen molar-refractivity contribution >= 4 is 11.9 Å². The number of rotatable bonds is 3. The van der Waals surface area contributed by atoms with Crippen molar-refractivity contribution in [2.24, 2.45) is 0 Å². The van der Waals surface area contributed by atoms with Crippen LogP contribution in [-0.2, 0) is 0 Å². The van der Waals surface area contributed by atoms with Crippen LogP contribution in [0.3, 0.4) is 0 Å². The van der Waals surface area contributed by atoms with Crippen LogP contribution in [0.15, 0.2) is 0 Å². The Morgan fingerprint density at radius 2 is 1.92 bits per heavy atom. The highest BCUT2D eigenvalue weighted by molar-refractivity contribution is 5.33. The monoisotopic (exact) mass is 181 g/mol. The molecule has 1 aromatic rings. The van der Waals surface area contributed by atoms with E-state index in [1.165, 1.54) is 25.7 Å². The molecule has 3 N–H and O–H groups in total. The van der Waals surface area contributed by atoms with E-state index in [-0.39, 0.29) is 0 Å². The first kappa shape index (κ1) is 8.34. The Morgan fingerprint density at radius 3 is 2.54 bits per heavy atom. The second-order valence-corrected chi connectivity index (χ2v) is 3.40. The Balaban J connectivity index is 1.92. The normalized spacial score (nSPS) is 17.6. The van der Waals surface area contributed by atoms with Gasteiger partial charge in [0.15, 0.2) is 0 Å². The third-order valence-electron chi connectivity index (χ3n) is 2.42. The van der Waals surface area contributed by atoms with E-state index >= 15 is 0 Å². The van der Waals surface area contributed by atoms with E-state index in [9.17, 15) is 0 Å². The number of aromatic nitrogens is 3. The molecule has 0 saturated heterocycles. The molecule has 5 nitrogen and oxygen atoms in total. The Bertz CT molecular complexity index is 263. The molecule has 1 fully saturated rings. The molecule has 0 amide bonds. The van der Waals surface area contributed by atoms with Gasteiger partial charge in [0.25, 0.3) is 0 Å². The van der Waals surface area contributed by atoms with Crippen LogP contribution in [-0.4, -0.2) is 28.3 Å². The fourth-order valence-corrected chi connectivity index (χ4v) is 1.70. The molecular weight excluding hydrogens is 166 g/mol. The van der Waals surface area contributed by atoms with Gasteiger partial charge in [-0.05, 0) is 12.8 Å². The van der Waals surface area contributed by atoms with E-state index in [0.717, 1.165) is 5.95 Å². The summed E-state index contributed by atoms with van der Waals surface area (Å²) in [5.41, 5.74) is 0. The largest absolute Gasteiger partial charge is 0.358 e. The molecule has 0 bridgehead atoms. The third kappa shape index (κ3) is 1.91. The quantitative estimate of drug-likeness (QED) is 0.655. The molecule has 1 aliphatic rings. The average molecular weight is 181 g/mol. The van der Waals surface area contributed by atoms with Crippen LogP contribution in [0.2, 0.25) is 0 Å². The third-order valence-corrected chi connectivity index (χ3v) is 2.42. The summed E-state index contributed by atoms with van der Waals surface area (Å²) in [4.78, 5) is 3.05. The lowest BCUT2D eigenvalue weighted by molar-refractivity contribution is 0.745. The Labute approximate surface area is 77.3 Å². The van der Waals surface area contributed by atoms with Crippen molar-refractivity contribution in [3.05, 3.63) is 0 Å². The van der Waals surface area contributed by atoms with Gasteiger partial charge in [-0.3, -0.25) is 4.98 Å². The highest BCUT2D eigenvalue weighted by Crippen LogP contribution is 2.20. The second-order valence-electron chi connectivity index (χ2n) is 3.40. The molecule has 0 unspecified atom stereocenters. The van der Waals surface area contributed by atoms with E-state index in [1.54, 1.807) is 0 Å². The summed E-state index contributed by atoms with van der Waals surface area (Å²) < 4.78 is 0. The van der Waals surface area contributed by atoms with Gasteiger partial charge in [-0.1, -0.05) is 12.8 Å². The molecule has 1 aliphatic carbocycles. The van der Waals surface area contributed by atoms with Crippen molar-refractivity contribution in [1.82, 2.24) is 15.2 Å². The van der Waals surface area contributed by atoms with Crippen LogP contribution in [0.4, 0.5) is 11.9 Å². The summed E-state index contributed by atoms with van der Waals surface area (Å²) in [5, 5.41) is 14.1. The summed E-state index contributed by atoms with van der Waals surface area (Å²) >= 11 is 0. The molecule has 1 heterocycles. The van der Waals surface area contributed by atoms with E-state index in [2.05, 4.69) is 25.8 Å². The van der Waals surface area contributed by atoms with Gasteiger partial charge in [-0.25, -0.2) is 0 Å². The van der Waals surface area contributed by atoms with Gasteiger partial charge in [-0.2, -0.15) is 0 Å². The zero-order valence-electron chi connectivity index (χ0n) is 7.80. The average Bonchev–Trinajstić information content (AvgIpc) is 2.76. The predicted octanol–water partition coefficient (Wildman–Crippen LogP) is 1.20. The summed E-state index contributed by atoms with van der Waals surface area (Å²) in [6.07, 6.45) is 5.14. The Kier molecular flexibility index (Phi) is 2.33. The topological polar surface area (TPSA) is 65.6 Å². The summed E-state index contributed by atoms with van der Waals surface area (Å²) in [5.74, 6) is 1.48. The molecule has 72 valence electrons. The van der Waals surface area contributed by atoms with Crippen LogP contribution in [0.5, 0.6) is 0 Å². The highest BCUT2D eigenvalue weighted by Gasteiger charge is 2.15. The van der Waals surface area contributed by atoms with E-state index in [4.69, 9.17) is 0 Å². The molecule has 1 saturated carbocycles. The molecule has 0 atom stereocenters. The molecule has 2 rings (SSSR count). The van der Waals surface area contributed by atoms with E-state index in [0.29, 0.717) is 12.0 Å². The SMILES string of the molecule is CNc1nnc(NC2CCCC2)[nH]1. The summed E-state index contributed by atoms with van der Waals surface area (Å²) in [7, 11) is 1.82. The minimum atomic E-state index is 0.581. The van der Waals surface area contributed by atoms with Gasteiger partial charge < -0.3 is 10.6 Å². The predicted molar refractivity (Wildman–Crippen MR) is 51.8 cm³/mol. The maximum atomic E-state index is 3.97. The lowest BCUT2D eigenvalue weighted by Crippen LogP contribution is -2.15. The molecule has 1 aromatic heterocycles. The number of aromatic amines is 1. The van der Waals surface area contributed by atoms with Crippen molar-refractivity contribution in [3.63, 3.8) is 0 Å². The fraction of sp³-hybridized carbons (Fsp3) is 0.750. The van der Waals surface area contributed by atoms with Gasteiger partial charge >= 0.3 is 0 Å². The first-order valence-electron chi connectivity index (χ1n) is 4.75. The van der Waals surface area contributed by atoms with Gasteiger partial charge in [0.05, 0.1) is 0 Å². The van der Waals surface area contributed by atoms with Crippen molar-refractivity contribution < 1.29 is 0 Å². The zero-order valence-corrected chi connectivity index (χ0v) is 7.80. The van der Waals surface area contributed by atoms with Crippen molar-refractivity contribution in [2.45, 2.75) is 31.7 Å². The minimum Gasteiger partial charge on any atom is -0.358 e. The molecule has 0 aromatic carbocycles. The van der Waals surface area contributed by atoms with Crippen LogP contribution in [0, 0.1) is 0 Å². The van der Waals surface area contributed by atoms with Crippen molar-refractivity contribution in [1.29, 1.82) is 0 Å². The lowest BCUT2D eigenvalue weighted by Gasteiger charge is -2.08. The van der Waals surface area contributed by atoms with Gasteiger partial charge in [0.2, 0.25) is 11.9 Å². The maximum absolute atomic E-state index is 3.97. The van der Waals surface area contributed by atoms with Gasteiger partial charge in [0, 0.05) is 13.1 Å². The zero-order chi connectivity index (χ0) is 9.10. The second kappa shape index (κ2) is 3.64. The van der Waals surface area contributed by atoms with Crippen molar-refractivity contribution in [2.75, 3.05) is 17.7 Å². The lowest BCUT2D eigenvalue weighted by atomic mass is 10.3. The standard InChI is InChI=1S/C8H15N5/c1-9-7-11-8(13-12-7)10-6-4-2-3-5-6/h6H,2-5H2,1H3,(H3,9,10,11,12,13). The van der Waals surface area contributed by atoms with Gasteiger partial charge in [0.1, 0.15) is 0 Å². The van der Waals surface area contributed by atoms with Crippen LogP contribution < -0.4 is 10.6 Å². The van der Waals surface area contributed by atoms with Crippen LogP contribution >= 0.6 is 0 Å². The van der Waals surface area contributed by atoms with Gasteiger partial charge in [-0.15, -0.1) is 10.2 Å². The molecule has 5 heteroatoms. The smallest absolute Gasteiger partial charge is 0.223 e. The number of H-pyrrole nitrogens is 1. The molecule has 0 aliphatic heterocycles. The Hall–Kier alpha value is -1.26. The number of hydrogen-bond acceptors (Lipinski definition) is 4. The van der Waals surface area contributed by atoms with Crippen LogP contribution in [0.25, 0.3) is 0 Å². The summed E-state index contributed by atoms with van der Waals surface area (Å²) in [6.45, 7) is 0. The number of nitrogens with one attached hydrogen (secondary N) is 3. The first-order chi connectivity index (χ1) is 6.38. The Morgan fingerprint density at radius 1 is 1.23 bits per heavy atom. The minimum absolute atomic E-state index is 0.581. The number of anilines is 2. The van der Waals surface area contributed by atoms with Crippen LogP contribution in [0.1, 0.15) is 25.7 Å². The summed E-state index contributed by atoms with van der Waals surface area (Å²) in [6, 6.07) is 0.581.